The molecule has 0 aliphatic heterocycles. The molecule has 2 fully saturated rings. The third-order valence-corrected chi connectivity index (χ3v) is 7.52. The first kappa shape index (κ1) is 20.9. The number of rotatable bonds is 8. The van der Waals surface area contributed by atoms with Crippen molar-refractivity contribution in [2.24, 2.45) is 17.8 Å². The van der Waals surface area contributed by atoms with Crippen LogP contribution in [0.1, 0.15) is 95.0 Å². The molecule has 1 aromatic carbocycles. The highest BCUT2D eigenvalue weighted by Gasteiger charge is 2.25. The van der Waals surface area contributed by atoms with E-state index in [-0.39, 0.29) is 10.8 Å². The molecule has 0 bridgehead atoms. The Morgan fingerprint density at radius 2 is 1.44 bits per heavy atom. The Hall–Kier alpha value is -0.820. The molecule has 0 saturated heterocycles. The predicted octanol–water partition coefficient (Wildman–Crippen LogP) is 8.70. The van der Waals surface area contributed by atoms with Crippen LogP contribution in [0.2, 0.25) is 5.02 Å². The van der Waals surface area contributed by atoms with E-state index in [1.807, 2.05) is 12.1 Å². The summed E-state index contributed by atoms with van der Waals surface area (Å²) in [5, 5.41) is 0.273. The van der Waals surface area contributed by atoms with Crippen LogP contribution < -0.4 is 0 Å². The molecule has 2 heteroatoms. The minimum atomic E-state index is -0.301. The lowest BCUT2D eigenvalue weighted by atomic mass is 9.74. The third kappa shape index (κ3) is 6.34. The monoisotopic (exact) mass is 390 g/mol. The van der Waals surface area contributed by atoms with Gasteiger partial charge in [0.15, 0.2) is 0 Å². The number of benzene rings is 1. The fourth-order valence-electron chi connectivity index (χ4n) is 5.38. The molecule has 0 spiro atoms. The summed E-state index contributed by atoms with van der Waals surface area (Å²) in [5.74, 6) is 3.14. The highest BCUT2D eigenvalue weighted by molar-refractivity contribution is 6.30. The molecule has 1 aromatic rings. The van der Waals surface area contributed by atoms with Gasteiger partial charge < -0.3 is 0 Å². The van der Waals surface area contributed by atoms with Crippen molar-refractivity contribution in [3.8, 4) is 0 Å². The van der Waals surface area contributed by atoms with Gasteiger partial charge in [0.2, 0.25) is 0 Å². The molecule has 0 nitrogen and oxygen atoms in total. The van der Waals surface area contributed by atoms with E-state index in [4.69, 9.17) is 11.6 Å². The zero-order chi connectivity index (χ0) is 19.1. The van der Waals surface area contributed by atoms with Crippen molar-refractivity contribution < 1.29 is 4.39 Å². The second kappa shape index (κ2) is 10.6. The first-order chi connectivity index (χ1) is 13.2. The Balaban J connectivity index is 1.33. The van der Waals surface area contributed by atoms with Gasteiger partial charge in [-0.15, -0.1) is 6.58 Å². The molecule has 2 aliphatic carbocycles. The molecule has 2 saturated carbocycles. The standard InChI is InChI=1S/C25H36ClF/c1-2-3-4-5-19-6-8-20(9-7-19)10-11-21-12-14-22(15-13-21)23-16-17-25(27)24(26)18-23/h2,16-22H,1,3-15H2/t19-,20-,21-,22-. The van der Waals surface area contributed by atoms with E-state index in [0.717, 1.165) is 17.8 Å². The summed E-state index contributed by atoms with van der Waals surface area (Å²) in [6.07, 6.45) is 19.8. The maximum Gasteiger partial charge on any atom is 0.141 e. The maximum atomic E-state index is 13.4. The van der Waals surface area contributed by atoms with Crippen LogP contribution in [0.25, 0.3) is 0 Å². The minimum Gasteiger partial charge on any atom is -0.205 e. The van der Waals surface area contributed by atoms with Gasteiger partial charge in [-0.05, 0) is 79.9 Å². The second-order valence-electron chi connectivity index (χ2n) is 9.07. The number of halogens is 2. The largest absolute Gasteiger partial charge is 0.205 e. The molecular weight excluding hydrogens is 355 g/mol. The highest BCUT2D eigenvalue weighted by Crippen LogP contribution is 2.40. The Morgan fingerprint density at radius 1 is 0.889 bits per heavy atom. The van der Waals surface area contributed by atoms with Gasteiger partial charge in [-0.2, -0.15) is 0 Å². The van der Waals surface area contributed by atoms with E-state index in [2.05, 4.69) is 12.7 Å². The fourth-order valence-corrected chi connectivity index (χ4v) is 5.57. The van der Waals surface area contributed by atoms with Gasteiger partial charge in [0.1, 0.15) is 5.82 Å². The van der Waals surface area contributed by atoms with Crippen LogP contribution in [-0.4, -0.2) is 0 Å². The van der Waals surface area contributed by atoms with Gasteiger partial charge in [-0.3, -0.25) is 0 Å². The van der Waals surface area contributed by atoms with Crippen molar-refractivity contribution >= 4 is 11.6 Å². The number of hydrogen-bond donors (Lipinski definition) is 0. The smallest absolute Gasteiger partial charge is 0.141 e. The van der Waals surface area contributed by atoms with Crippen molar-refractivity contribution in [3.63, 3.8) is 0 Å². The summed E-state index contributed by atoms with van der Waals surface area (Å²) >= 11 is 5.96. The molecule has 0 atom stereocenters. The molecule has 0 amide bonds. The van der Waals surface area contributed by atoms with E-state index >= 15 is 0 Å². The van der Waals surface area contributed by atoms with E-state index in [1.54, 1.807) is 0 Å². The number of unbranched alkanes of at least 4 members (excludes halogenated alkanes) is 1. The minimum absolute atomic E-state index is 0.273. The topological polar surface area (TPSA) is 0 Å². The highest BCUT2D eigenvalue weighted by atomic mass is 35.5. The summed E-state index contributed by atoms with van der Waals surface area (Å²) in [6.45, 7) is 3.83. The van der Waals surface area contributed by atoms with Crippen molar-refractivity contribution in [1.82, 2.24) is 0 Å². The van der Waals surface area contributed by atoms with E-state index < -0.39 is 0 Å². The lowest BCUT2D eigenvalue weighted by Crippen LogP contribution is -2.17. The third-order valence-electron chi connectivity index (χ3n) is 7.23. The van der Waals surface area contributed by atoms with Gasteiger partial charge in [0.05, 0.1) is 5.02 Å². The maximum absolute atomic E-state index is 13.4. The van der Waals surface area contributed by atoms with E-state index in [9.17, 15) is 4.39 Å². The van der Waals surface area contributed by atoms with Gasteiger partial charge in [-0.25, -0.2) is 4.39 Å². The van der Waals surface area contributed by atoms with E-state index in [0.29, 0.717) is 5.92 Å². The normalized spacial score (nSPS) is 28.8. The van der Waals surface area contributed by atoms with Crippen LogP contribution in [0.15, 0.2) is 30.9 Å². The van der Waals surface area contributed by atoms with Crippen molar-refractivity contribution in [2.75, 3.05) is 0 Å². The first-order valence-corrected chi connectivity index (χ1v) is 11.6. The van der Waals surface area contributed by atoms with Crippen LogP contribution in [0.5, 0.6) is 0 Å². The van der Waals surface area contributed by atoms with Crippen LogP contribution in [0, 0.1) is 23.6 Å². The van der Waals surface area contributed by atoms with Gasteiger partial charge in [0.25, 0.3) is 0 Å². The first-order valence-electron chi connectivity index (χ1n) is 11.2. The average molecular weight is 391 g/mol. The van der Waals surface area contributed by atoms with Crippen molar-refractivity contribution in [1.29, 1.82) is 0 Å². The number of hydrogen-bond acceptors (Lipinski definition) is 0. The summed E-state index contributed by atoms with van der Waals surface area (Å²) < 4.78 is 13.4. The molecule has 0 unspecified atom stereocenters. The molecule has 0 N–H and O–H groups in total. The Kier molecular flexibility index (Phi) is 8.24. The second-order valence-corrected chi connectivity index (χ2v) is 9.48. The average Bonchev–Trinajstić information content (AvgIpc) is 2.70. The SMILES string of the molecule is C=CCCC[C@H]1CC[C@H](CC[C@H]2CC[C@H](c3ccc(F)c(Cl)c3)CC2)CC1. The Morgan fingerprint density at radius 3 is 2.00 bits per heavy atom. The molecule has 3 rings (SSSR count). The Labute approximate surface area is 170 Å². The molecular formula is C25H36ClF. The van der Waals surface area contributed by atoms with Crippen LogP contribution in [-0.2, 0) is 0 Å². The zero-order valence-corrected chi connectivity index (χ0v) is 17.5. The van der Waals surface area contributed by atoms with Crippen molar-refractivity contribution in [3.05, 3.63) is 47.3 Å². The molecule has 2 aliphatic rings. The van der Waals surface area contributed by atoms with Crippen molar-refractivity contribution in [2.45, 2.75) is 89.4 Å². The summed E-state index contributed by atoms with van der Waals surface area (Å²) in [4.78, 5) is 0. The zero-order valence-electron chi connectivity index (χ0n) is 16.8. The molecule has 150 valence electrons. The summed E-state index contributed by atoms with van der Waals surface area (Å²) in [6, 6.07) is 5.30. The molecule has 0 aromatic heterocycles. The molecule has 0 radical (unpaired) electrons. The van der Waals surface area contributed by atoms with Gasteiger partial charge in [0, 0.05) is 0 Å². The van der Waals surface area contributed by atoms with Crippen LogP contribution in [0.3, 0.4) is 0 Å². The van der Waals surface area contributed by atoms with Crippen LogP contribution in [0.4, 0.5) is 4.39 Å². The van der Waals surface area contributed by atoms with Crippen LogP contribution >= 0.6 is 11.6 Å². The van der Waals surface area contributed by atoms with E-state index in [1.165, 1.54) is 95.1 Å². The van der Waals surface area contributed by atoms with Gasteiger partial charge >= 0.3 is 0 Å². The van der Waals surface area contributed by atoms with Gasteiger partial charge in [-0.1, -0.05) is 68.7 Å². The molecule has 0 heterocycles. The molecule has 27 heavy (non-hydrogen) atoms. The lowest BCUT2D eigenvalue weighted by Gasteiger charge is -2.32. The quantitative estimate of drug-likeness (QED) is 0.307. The fraction of sp³-hybridized carbons (Fsp3) is 0.680. The Bertz CT molecular complexity index is 580. The predicted molar refractivity (Wildman–Crippen MR) is 115 cm³/mol. The number of allylic oxidation sites excluding steroid dienone is 1. The summed E-state index contributed by atoms with van der Waals surface area (Å²) in [5.41, 5.74) is 1.23. The summed E-state index contributed by atoms with van der Waals surface area (Å²) in [7, 11) is 0. The lowest BCUT2D eigenvalue weighted by molar-refractivity contribution is 0.223.